The molecule has 0 fully saturated rings. The zero-order valence-corrected chi connectivity index (χ0v) is 16.3. The summed E-state index contributed by atoms with van der Waals surface area (Å²) in [4.78, 5) is 23.1. The molecule has 0 bridgehead atoms. The molecule has 0 saturated heterocycles. The third-order valence-electron chi connectivity index (χ3n) is 4.65. The zero-order chi connectivity index (χ0) is 21.3. The van der Waals surface area contributed by atoms with Gasteiger partial charge in [0.15, 0.2) is 0 Å². The summed E-state index contributed by atoms with van der Waals surface area (Å²) in [6.45, 7) is 0. The molecular weight excluding hydrogens is 406 g/mol. The molecule has 150 valence electrons. The van der Waals surface area contributed by atoms with Crippen LogP contribution in [0.4, 0.5) is 0 Å². The number of aliphatic carboxylic acids is 1. The summed E-state index contributed by atoms with van der Waals surface area (Å²) < 4.78 is 7.57. The van der Waals surface area contributed by atoms with Gasteiger partial charge in [0.1, 0.15) is 11.5 Å². The van der Waals surface area contributed by atoms with Crippen molar-refractivity contribution < 1.29 is 24.5 Å². The number of carbonyl (C=O) groups is 2. The van der Waals surface area contributed by atoms with Crippen LogP contribution >= 0.6 is 11.6 Å². The first-order valence-electron chi connectivity index (χ1n) is 9.04. The van der Waals surface area contributed by atoms with Gasteiger partial charge in [0.05, 0.1) is 23.2 Å². The lowest BCUT2D eigenvalue weighted by Crippen LogP contribution is -2.06. The number of carboxylic acids is 2. The Bertz CT molecular complexity index is 1260. The fourth-order valence-corrected chi connectivity index (χ4v) is 3.46. The van der Waals surface area contributed by atoms with Crippen LogP contribution in [-0.2, 0) is 11.2 Å². The Labute approximate surface area is 176 Å². The average Bonchev–Trinajstić information content (AvgIpc) is 3.10. The fourth-order valence-electron chi connectivity index (χ4n) is 3.33. The van der Waals surface area contributed by atoms with Crippen LogP contribution in [0.3, 0.4) is 0 Å². The van der Waals surface area contributed by atoms with Gasteiger partial charge in [0.2, 0.25) is 0 Å². The molecule has 7 heteroatoms. The van der Waals surface area contributed by atoms with Crippen molar-refractivity contribution in [1.82, 2.24) is 4.57 Å². The number of para-hydroxylation sites is 1. The Kier molecular flexibility index (Phi) is 5.16. The van der Waals surface area contributed by atoms with Gasteiger partial charge in [0.25, 0.3) is 0 Å². The van der Waals surface area contributed by atoms with Crippen molar-refractivity contribution in [3.05, 3.63) is 89.1 Å². The van der Waals surface area contributed by atoms with Gasteiger partial charge in [-0.05, 0) is 42.0 Å². The summed E-state index contributed by atoms with van der Waals surface area (Å²) in [7, 11) is 0. The highest BCUT2D eigenvalue weighted by Crippen LogP contribution is 2.31. The number of hydrogen-bond acceptors (Lipinski definition) is 3. The molecule has 6 nitrogen and oxygen atoms in total. The molecule has 3 aromatic carbocycles. The molecule has 0 aliphatic heterocycles. The number of ether oxygens (including phenoxy) is 1. The SMILES string of the molecule is O=C(O)Cc1ccc(Oc2ccc(Cl)cc2)cc1-n1cc(C(=O)O)c2ccccc21. The number of hydrogen-bond donors (Lipinski definition) is 2. The van der Waals surface area contributed by atoms with E-state index < -0.39 is 11.9 Å². The molecule has 0 amide bonds. The van der Waals surface area contributed by atoms with Gasteiger partial charge in [-0.15, -0.1) is 0 Å². The predicted molar refractivity (Wildman–Crippen MR) is 113 cm³/mol. The van der Waals surface area contributed by atoms with E-state index in [1.165, 1.54) is 6.20 Å². The number of aromatic carboxylic acids is 1. The van der Waals surface area contributed by atoms with Gasteiger partial charge in [-0.3, -0.25) is 4.79 Å². The Morgan fingerprint density at radius 2 is 1.63 bits per heavy atom. The zero-order valence-electron chi connectivity index (χ0n) is 15.6. The molecule has 4 rings (SSSR count). The van der Waals surface area contributed by atoms with E-state index in [1.54, 1.807) is 71.3 Å². The van der Waals surface area contributed by atoms with Crippen LogP contribution in [0, 0.1) is 0 Å². The van der Waals surface area contributed by atoms with Gasteiger partial charge in [-0.1, -0.05) is 35.9 Å². The number of fused-ring (bicyclic) bond motifs is 1. The van der Waals surface area contributed by atoms with Crippen molar-refractivity contribution in [3.63, 3.8) is 0 Å². The Hall–Kier alpha value is -3.77. The molecule has 0 radical (unpaired) electrons. The van der Waals surface area contributed by atoms with Crippen LogP contribution in [0.15, 0.2) is 72.9 Å². The molecule has 0 unspecified atom stereocenters. The van der Waals surface area contributed by atoms with E-state index in [-0.39, 0.29) is 12.0 Å². The minimum Gasteiger partial charge on any atom is -0.481 e. The maximum Gasteiger partial charge on any atom is 0.337 e. The van der Waals surface area contributed by atoms with E-state index in [9.17, 15) is 19.8 Å². The number of benzene rings is 3. The van der Waals surface area contributed by atoms with Gasteiger partial charge in [-0.25, -0.2) is 4.79 Å². The van der Waals surface area contributed by atoms with Crippen molar-refractivity contribution in [2.75, 3.05) is 0 Å². The summed E-state index contributed by atoms with van der Waals surface area (Å²) in [6.07, 6.45) is 1.28. The van der Waals surface area contributed by atoms with E-state index in [2.05, 4.69) is 0 Å². The van der Waals surface area contributed by atoms with E-state index in [0.717, 1.165) is 0 Å². The van der Waals surface area contributed by atoms with Crippen LogP contribution < -0.4 is 4.74 Å². The van der Waals surface area contributed by atoms with Crippen LogP contribution in [0.1, 0.15) is 15.9 Å². The van der Waals surface area contributed by atoms with Crippen molar-refractivity contribution in [1.29, 1.82) is 0 Å². The lowest BCUT2D eigenvalue weighted by Gasteiger charge is -2.14. The molecular formula is C23H16ClNO5. The molecule has 1 heterocycles. The molecule has 0 aliphatic carbocycles. The highest BCUT2D eigenvalue weighted by molar-refractivity contribution is 6.30. The smallest absolute Gasteiger partial charge is 0.337 e. The lowest BCUT2D eigenvalue weighted by molar-refractivity contribution is -0.136. The first-order chi connectivity index (χ1) is 14.4. The van der Waals surface area contributed by atoms with Crippen LogP contribution in [0.5, 0.6) is 11.5 Å². The fraction of sp³-hybridized carbons (Fsp3) is 0.0435. The molecule has 4 aromatic rings. The first-order valence-corrected chi connectivity index (χ1v) is 9.42. The molecule has 0 aliphatic rings. The molecule has 0 atom stereocenters. The number of halogens is 1. The van der Waals surface area contributed by atoms with Gasteiger partial charge in [0, 0.05) is 22.7 Å². The molecule has 1 aromatic heterocycles. The van der Waals surface area contributed by atoms with E-state index in [4.69, 9.17) is 16.3 Å². The normalized spacial score (nSPS) is 10.8. The first kappa shape index (κ1) is 19.5. The molecule has 2 N–H and O–H groups in total. The summed E-state index contributed by atoms with van der Waals surface area (Å²) >= 11 is 5.91. The minimum absolute atomic E-state index is 0.135. The van der Waals surface area contributed by atoms with Gasteiger partial charge >= 0.3 is 11.9 Å². The van der Waals surface area contributed by atoms with Crippen molar-refractivity contribution in [2.24, 2.45) is 0 Å². The summed E-state index contributed by atoms with van der Waals surface area (Å²) in [5, 5.41) is 20.1. The monoisotopic (exact) mass is 421 g/mol. The maximum atomic E-state index is 11.7. The Balaban J connectivity index is 1.86. The van der Waals surface area contributed by atoms with E-state index in [0.29, 0.717) is 38.7 Å². The van der Waals surface area contributed by atoms with E-state index in [1.807, 2.05) is 0 Å². The van der Waals surface area contributed by atoms with Crippen LogP contribution in [0.2, 0.25) is 5.02 Å². The standard InChI is InChI=1S/C23H16ClNO5/c24-15-6-9-16(10-7-15)30-17-8-5-14(11-22(26)27)21(12-17)25-13-19(23(28)29)18-3-1-2-4-20(18)25/h1-10,12-13H,11H2,(H,26,27)(H,28,29). The third kappa shape index (κ3) is 3.86. The highest BCUT2D eigenvalue weighted by Gasteiger charge is 2.18. The van der Waals surface area contributed by atoms with Crippen molar-refractivity contribution >= 4 is 34.4 Å². The summed E-state index contributed by atoms with van der Waals surface area (Å²) in [5.74, 6) is -0.994. The average molecular weight is 422 g/mol. The van der Waals surface area contributed by atoms with Crippen molar-refractivity contribution in [2.45, 2.75) is 6.42 Å². The number of rotatable bonds is 6. The molecule has 0 spiro atoms. The van der Waals surface area contributed by atoms with Crippen molar-refractivity contribution in [3.8, 4) is 17.2 Å². The largest absolute Gasteiger partial charge is 0.481 e. The molecule has 30 heavy (non-hydrogen) atoms. The third-order valence-corrected chi connectivity index (χ3v) is 4.90. The van der Waals surface area contributed by atoms with Crippen LogP contribution in [-0.4, -0.2) is 26.7 Å². The van der Waals surface area contributed by atoms with Crippen LogP contribution in [0.25, 0.3) is 16.6 Å². The second-order valence-electron chi connectivity index (χ2n) is 6.65. The second kappa shape index (κ2) is 7.93. The number of nitrogens with zero attached hydrogens (tertiary/aromatic N) is 1. The highest BCUT2D eigenvalue weighted by atomic mass is 35.5. The number of aromatic nitrogens is 1. The quantitative estimate of drug-likeness (QED) is 0.435. The second-order valence-corrected chi connectivity index (χ2v) is 7.09. The number of carboxylic acid groups (broad SMARTS) is 2. The van der Waals surface area contributed by atoms with Gasteiger partial charge < -0.3 is 19.5 Å². The van der Waals surface area contributed by atoms with E-state index >= 15 is 0 Å². The summed E-state index contributed by atoms with van der Waals surface area (Å²) in [6, 6.07) is 19.0. The summed E-state index contributed by atoms with van der Waals surface area (Å²) in [5.41, 5.74) is 1.86. The Morgan fingerprint density at radius 3 is 2.33 bits per heavy atom. The maximum absolute atomic E-state index is 11.7. The predicted octanol–water partition coefficient (Wildman–Crippen LogP) is 5.40. The lowest BCUT2D eigenvalue weighted by atomic mass is 10.1. The Morgan fingerprint density at radius 1 is 0.933 bits per heavy atom. The minimum atomic E-state index is -1.06. The molecule has 0 saturated carbocycles. The topological polar surface area (TPSA) is 88.8 Å². The van der Waals surface area contributed by atoms with Gasteiger partial charge in [-0.2, -0.15) is 0 Å².